The lowest BCUT2D eigenvalue weighted by atomic mass is 10.4. The Balaban J connectivity index is 5.29. The predicted octanol–water partition coefficient (Wildman–Crippen LogP) is 0.662. The summed E-state index contributed by atoms with van der Waals surface area (Å²) < 4.78 is 16.7. The third-order valence-corrected chi connectivity index (χ3v) is 6.35. The number of hydrogen-bond acceptors (Lipinski definition) is 4. The van der Waals surface area contributed by atoms with E-state index in [4.69, 9.17) is 13.3 Å². The standard InChI is InChI=1S/C11H27N3O3Si/c1-9-10(18(15-6,16-7)17-8)14(5)11(12-2)13(3)4/h10H,9H2,1-8H3. The molecule has 0 bridgehead atoms. The van der Waals surface area contributed by atoms with Gasteiger partial charge in [0, 0.05) is 49.5 Å². The average Bonchev–Trinajstić information content (AvgIpc) is 2.36. The molecule has 0 aromatic rings. The highest BCUT2D eigenvalue weighted by molar-refractivity contribution is 6.62. The summed E-state index contributed by atoms with van der Waals surface area (Å²) >= 11 is 0. The normalized spacial score (nSPS) is 14.6. The van der Waals surface area contributed by atoms with Crippen LogP contribution in [0.4, 0.5) is 0 Å². The van der Waals surface area contributed by atoms with Gasteiger partial charge in [-0.25, -0.2) is 0 Å². The smallest absolute Gasteiger partial charge is 0.376 e. The van der Waals surface area contributed by atoms with Gasteiger partial charge in [-0.05, 0) is 6.42 Å². The van der Waals surface area contributed by atoms with E-state index in [1.54, 1.807) is 28.4 Å². The van der Waals surface area contributed by atoms with E-state index in [1.165, 1.54) is 0 Å². The second-order valence-corrected chi connectivity index (χ2v) is 7.27. The van der Waals surface area contributed by atoms with Crippen LogP contribution in [-0.2, 0) is 13.3 Å². The Hall–Kier alpha value is -0.633. The fraction of sp³-hybridized carbons (Fsp3) is 0.909. The van der Waals surface area contributed by atoms with Crippen molar-refractivity contribution in [2.45, 2.75) is 19.0 Å². The van der Waals surface area contributed by atoms with E-state index >= 15 is 0 Å². The van der Waals surface area contributed by atoms with Gasteiger partial charge in [0.1, 0.15) is 5.67 Å². The molecule has 0 spiro atoms. The van der Waals surface area contributed by atoms with Gasteiger partial charge in [-0.3, -0.25) is 4.99 Å². The summed E-state index contributed by atoms with van der Waals surface area (Å²) in [5.74, 6) is 0.866. The molecule has 0 amide bonds. The fourth-order valence-electron chi connectivity index (χ4n) is 2.23. The van der Waals surface area contributed by atoms with Crippen LogP contribution in [0.1, 0.15) is 13.3 Å². The summed E-state index contributed by atoms with van der Waals surface area (Å²) in [5, 5.41) is 0. The summed E-state index contributed by atoms with van der Waals surface area (Å²) in [4.78, 5) is 8.32. The molecule has 0 aliphatic heterocycles. The number of aliphatic imine (C=N–C) groups is 1. The molecule has 0 aliphatic carbocycles. The Labute approximate surface area is 112 Å². The molecule has 0 heterocycles. The van der Waals surface area contributed by atoms with Crippen LogP contribution in [0, 0.1) is 0 Å². The SMILES string of the molecule is CCC(N(C)C(=NC)N(C)C)[Si](OC)(OC)OC. The Morgan fingerprint density at radius 2 is 1.56 bits per heavy atom. The zero-order valence-corrected chi connectivity index (χ0v) is 13.9. The van der Waals surface area contributed by atoms with E-state index < -0.39 is 8.80 Å². The Bertz CT molecular complexity index is 262. The molecule has 1 atom stereocenters. The molecule has 1 unspecified atom stereocenters. The highest BCUT2D eigenvalue weighted by Crippen LogP contribution is 2.20. The molecule has 0 aliphatic rings. The van der Waals surface area contributed by atoms with Crippen LogP contribution in [-0.4, -0.2) is 79.7 Å². The van der Waals surface area contributed by atoms with Crippen LogP contribution in [0.25, 0.3) is 0 Å². The molecule has 0 aromatic carbocycles. The zero-order valence-electron chi connectivity index (χ0n) is 12.9. The van der Waals surface area contributed by atoms with Gasteiger partial charge in [0.2, 0.25) is 0 Å². The molecule has 6 nitrogen and oxygen atoms in total. The van der Waals surface area contributed by atoms with E-state index in [0.29, 0.717) is 0 Å². The zero-order chi connectivity index (χ0) is 14.3. The lowest BCUT2D eigenvalue weighted by Crippen LogP contribution is -2.62. The first-order valence-corrected chi connectivity index (χ1v) is 7.76. The first kappa shape index (κ1) is 17.4. The van der Waals surface area contributed by atoms with Crippen molar-refractivity contribution in [3.63, 3.8) is 0 Å². The molecule has 108 valence electrons. The van der Waals surface area contributed by atoms with Crippen molar-refractivity contribution in [1.82, 2.24) is 9.80 Å². The monoisotopic (exact) mass is 277 g/mol. The summed E-state index contributed by atoms with van der Waals surface area (Å²) in [6.07, 6.45) is 0.852. The molecular formula is C11H27N3O3Si. The number of guanidine groups is 1. The Kier molecular flexibility index (Phi) is 7.45. The lowest BCUT2D eigenvalue weighted by Gasteiger charge is -2.40. The number of nitrogens with zero attached hydrogens (tertiary/aromatic N) is 3. The molecule has 18 heavy (non-hydrogen) atoms. The van der Waals surface area contributed by atoms with Crippen LogP contribution in [0.15, 0.2) is 4.99 Å². The van der Waals surface area contributed by atoms with Crippen LogP contribution < -0.4 is 0 Å². The van der Waals surface area contributed by atoms with E-state index in [0.717, 1.165) is 12.4 Å². The number of rotatable bonds is 6. The van der Waals surface area contributed by atoms with E-state index in [9.17, 15) is 0 Å². The highest BCUT2D eigenvalue weighted by Gasteiger charge is 2.49. The second kappa shape index (κ2) is 7.73. The Morgan fingerprint density at radius 1 is 1.11 bits per heavy atom. The van der Waals surface area contributed by atoms with Crippen molar-refractivity contribution in [2.75, 3.05) is 49.5 Å². The highest BCUT2D eigenvalue weighted by atomic mass is 28.4. The van der Waals surface area contributed by atoms with E-state index in [2.05, 4.69) is 16.8 Å². The van der Waals surface area contributed by atoms with Crippen molar-refractivity contribution in [2.24, 2.45) is 4.99 Å². The van der Waals surface area contributed by atoms with Crippen molar-refractivity contribution < 1.29 is 13.3 Å². The van der Waals surface area contributed by atoms with Crippen molar-refractivity contribution in [1.29, 1.82) is 0 Å². The maximum Gasteiger partial charge on any atom is 0.523 e. The van der Waals surface area contributed by atoms with Gasteiger partial charge >= 0.3 is 8.80 Å². The van der Waals surface area contributed by atoms with E-state index in [1.807, 2.05) is 26.0 Å². The van der Waals surface area contributed by atoms with Crippen LogP contribution >= 0.6 is 0 Å². The van der Waals surface area contributed by atoms with Crippen LogP contribution in [0.5, 0.6) is 0 Å². The minimum Gasteiger partial charge on any atom is -0.376 e. The van der Waals surface area contributed by atoms with E-state index in [-0.39, 0.29) is 5.67 Å². The fourth-order valence-corrected chi connectivity index (χ4v) is 4.64. The maximum atomic E-state index is 5.56. The maximum absolute atomic E-state index is 5.56. The summed E-state index contributed by atoms with van der Waals surface area (Å²) in [6.45, 7) is 2.09. The molecule has 0 N–H and O–H groups in total. The van der Waals surface area contributed by atoms with Gasteiger partial charge in [0.25, 0.3) is 0 Å². The largest absolute Gasteiger partial charge is 0.523 e. The molecule has 0 aromatic heterocycles. The van der Waals surface area contributed by atoms with Crippen molar-refractivity contribution in [3.8, 4) is 0 Å². The second-order valence-electron chi connectivity index (χ2n) is 4.17. The van der Waals surface area contributed by atoms with Crippen molar-refractivity contribution in [3.05, 3.63) is 0 Å². The first-order valence-electron chi connectivity index (χ1n) is 5.96. The molecule has 0 rings (SSSR count). The molecule has 7 heteroatoms. The summed E-state index contributed by atoms with van der Waals surface area (Å²) in [5.41, 5.74) is 0.0265. The van der Waals surface area contributed by atoms with Gasteiger partial charge in [-0.2, -0.15) is 0 Å². The molecule has 0 saturated carbocycles. The minimum absolute atomic E-state index is 0.0265. The lowest BCUT2D eigenvalue weighted by molar-refractivity contribution is 0.0920. The summed E-state index contributed by atoms with van der Waals surface area (Å²) in [6, 6.07) is 0. The minimum atomic E-state index is -2.72. The van der Waals surface area contributed by atoms with Gasteiger partial charge in [-0.15, -0.1) is 0 Å². The van der Waals surface area contributed by atoms with Crippen LogP contribution in [0.3, 0.4) is 0 Å². The molecule has 0 fully saturated rings. The topological polar surface area (TPSA) is 46.5 Å². The van der Waals surface area contributed by atoms with Crippen molar-refractivity contribution >= 4 is 14.8 Å². The van der Waals surface area contributed by atoms with Crippen LogP contribution in [0.2, 0.25) is 0 Å². The molecule has 0 saturated heterocycles. The third kappa shape index (κ3) is 3.44. The van der Waals surface area contributed by atoms with Gasteiger partial charge in [-0.1, -0.05) is 6.92 Å². The summed E-state index contributed by atoms with van der Waals surface area (Å²) in [7, 11) is 9.86. The molecule has 0 radical (unpaired) electrons. The molecular weight excluding hydrogens is 250 g/mol. The quantitative estimate of drug-likeness (QED) is 0.405. The van der Waals surface area contributed by atoms with Gasteiger partial charge < -0.3 is 23.1 Å². The van der Waals surface area contributed by atoms with Gasteiger partial charge in [0.05, 0.1) is 0 Å². The average molecular weight is 277 g/mol. The Morgan fingerprint density at radius 3 is 1.78 bits per heavy atom. The first-order chi connectivity index (χ1) is 8.43. The number of hydrogen-bond donors (Lipinski definition) is 0. The van der Waals surface area contributed by atoms with Gasteiger partial charge in [0.15, 0.2) is 5.96 Å². The predicted molar refractivity (Wildman–Crippen MR) is 75.7 cm³/mol. The third-order valence-electron chi connectivity index (χ3n) is 3.03.